The summed E-state index contributed by atoms with van der Waals surface area (Å²) in [5, 5.41) is 0. The molecule has 1 fully saturated rings. The molecule has 1 aliphatic rings. The Bertz CT molecular complexity index is 1300. The summed E-state index contributed by atoms with van der Waals surface area (Å²) < 4.78 is 57.8. The number of ether oxygens (including phenoxy) is 10. The minimum Gasteiger partial charge on any atom is -0.463 e. The standard InChI is InChI=1S/C38H60O18/c1-10-23(39)18-24-35(26(20-48-29(41)12-3)53-38(55-34(46)17-8)36(24)54-33(45)16-7)56-37(27(51-32(44)15-6)21-49-30(42)13-4)52-25(19-47-28(40)11-2)22(9)50-31(43)14-5/h22,24-27,35-38H,10-21H2,1-9H3/t22-,24-,25?,26?,27-,35?,36?,37?,38?/m0/s1. The predicted molar refractivity (Wildman–Crippen MR) is 192 cm³/mol. The lowest BCUT2D eigenvalue weighted by Gasteiger charge is -2.46. The average Bonchev–Trinajstić information content (AvgIpc) is 3.20. The second kappa shape index (κ2) is 26.6. The molecule has 1 saturated heterocycles. The average molecular weight is 805 g/mol. The maximum Gasteiger partial charge on any atom is 0.307 e. The van der Waals surface area contributed by atoms with Gasteiger partial charge in [-0.25, -0.2) is 0 Å². The van der Waals surface area contributed by atoms with Crippen molar-refractivity contribution in [2.45, 2.75) is 169 Å². The first-order chi connectivity index (χ1) is 26.6. The minimum atomic E-state index is -1.79. The topological polar surface area (TPSA) is 229 Å². The molecule has 320 valence electrons. The van der Waals surface area contributed by atoms with Gasteiger partial charge in [-0.1, -0.05) is 55.4 Å². The molecular formula is C38H60O18. The molecule has 0 radical (unpaired) electrons. The normalized spacial score (nSPS) is 21.3. The second-order valence-corrected chi connectivity index (χ2v) is 12.6. The summed E-state index contributed by atoms with van der Waals surface area (Å²) in [6.45, 7) is 12.2. The molecule has 0 saturated carbocycles. The predicted octanol–water partition coefficient (Wildman–Crippen LogP) is 3.59. The largest absolute Gasteiger partial charge is 0.463 e. The number of Topliss-reactive ketones (excluding diaryl/α,β-unsaturated/α-hetero) is 1. The van der Waals surface area contributed by atoms with E-state index in [9.17, 15) is 38.4 Å². The first-order valence-electron chi connectivity index (χ1n) is 19.3. The number of hydrogen-bond donors (Lipinski definition) is 0. The molecule has 1 rings (SSSR count). The van der Waals surface area contributed by atoms with Crippen molar-refractivity contribution in [3.05, 3.63) is 0 Å². The molecule has 18 nitrogen and oxygen atoms in total. The van der Waals surface area contributed by atoms with Crippen molar-refractivity contribution < 1.29 is 85.7 Å². The van der Waals surface area contributed by atoms with Crippen LogP contribution in [-0.2, 0) is 85.7 Å². The number of carbonyl (C=O) groups excluding carboxylic acids is 8. The fourth-order valence-corrected chi connectivity index (χ4v) is 5.08. The van der Waals surface area contributed by atoms with Crippen molar-refractivity contribution in [2.75, 3.05) is 19.8 Å². The lowest BCUT2D eigenvalue weighted by molar-refractivity contribution is -0.330. The van der Waals surface area contributed by atoms with E-state index in [1.165, 1.54) is 34.6 Å². The highest BCUT2D eigenvalue weighted by molar-refractivity contribution is 5.78. The zero-order chi connectivity index (χ0) is 42.4. The molecule has 1 heterocycles. The van der Waals surface area contributed by atoms with Gasteiger partial charge in [0.1, 0.15) is 43.9 Å². The maximum atomic E-state index is 13.2. The quantitative estimate of drug-likeness (QED) is 0.0691. The van der Waals surface area contributed by atoms with Crippen LogP contribution in [0.25, 0.3) is 0 Å². The molecule has 18 heteroatoms. The Morgan fingerprint density at radius 2 is 1.02 bits per heavy atom. The van der Waals surface area contributed by atoms with Gasteiger partial charge in [-0.2, -0.15) is 0 Å². The van der Waals surface area contributed by atoms with Crippen molar-refractivity contribution in [2.24, 2.45) is 5.92 Å². The molecule has 0 bridgehead atoms. The fraction of sp³-hybridized carbons (Fsp3) is 0.789. The summed E-state index contributed by atoms with van der Waals surface area (Å²) in [6.07, 6.45) is -12.4. The zero-order valence-electron chi connectivity index (χ0n) is 34.0. The van der Waals surface area contributed by atoms with E-state index < -0.39 is 117 Å². The smallest absolute Gasteiger partial charge is 0.307 e. The SMILES string of the molecule is CCC(=O)C[C@H]1C(OC(OC(COC(=O)CC)[C@H](C)OC(=O)CC)[C@H](COC(=O)CC)OC(=O)CC)C(COC(=O)CC)OC(OC(=O)CC)C1OC(=O)CC. The molecule has 0 aliphatic carbocycles. The van der Waals surface area contributed by atoms with Gasteiger partial charge in [0.2, 0.25) is 6.29 Å². The zero-order valence-corrected chi connectivity index (χ0v) is 34.0. The van der Waals surface area contributed by atoms with Crippen molar-refractivity contribution in [1.29, 1.82) is 0 Å². The molecule has 6 unspecified atom stereocenters. The molecule has 0 N–H and O–H groups in total. The highest BCUT2D eigenvalue weighted by atomic mass is 16.8. The van der Waals surface area contributed by atoms with E-state index in [1.54, 1.807) is 27.7 Å². The summed E-state index contributed by atoms with van der Waals surface area (Å²) in [6, 6.07) is 0. The Labute approximate surface area is 328 Å². The molecular weight excluding hydrogens is 744 g/mol. The molecule has 0 amide bonds. The van der Waals surface area contributed by atoms with E-state index >= 15 is 0 Å². The Morgan fingerprint density at radius 3 is 1.54 bits per heavy atom. The minimum absolute atomic E-state index is 0.00810. The van der Waals surface area contributed by atoms with Gasteiger partial charge in [-0.3, -0.25) is 38.4 Å². The monoisotopic (exact) mass is 804 g/mol. The van der Waals surface area contributed by atoms with Crippen LogP contribution >= 0.6 is 0 Å². The van der Waals surface area contributed by atoms with Gasteiger partial charge in [0.05, 0.1) is 6.10 Å². The Hall–Kier alpha value is -4.16. The van der Waals surface area contributed by atoms with Gasteiger partial charge in [0.25, 0.3) is 0 Å². The third-order valence-electron chi connectivity index (χ3n) is 8.43. The van der Waals surface area contributed by atoms with E-state index in [0.29, 0.717) is 0 Å². The summed E-state index contributed by atoms with van der Waals surface area (Å²) in [5.74, 6) is -6.34. The molecule has 0 aromatic carbocycles. The van der Waals surface area contributed by atoms with Gasteiger partial charge >= 0.3 is 41.8 Å². The fourth-order valence-electron chi connectivity index (χ4n) is 5.08. The Kier molecular flexibility index (Phi) is 23.7. The van der Waals surface area contributed by atoms with Crippen molar-refractivity contribution >= 4 is 47.6 Å². The van der Waals surface area contributed by atoms with Crippen LogP contribution in [0.3, 0.4) is 0 Å². The van der Waals surface area contributed by atoms with E-state index in [-0.39, 0.29) is 63.6 Å². The van der Waals surface area contributed by atoms with Crippen LogP contribution in [-0.4, -0.2) is 117 Å². The van der Waals surface area contributed by atoms with Crippen molar-refractivity contribution in [1.82, 2.24) is 0 Å². The maximum absolute atomic E-state index is 13.2. The molecule has 0 aromatic rings. The summed E-state index contributed by atoms with van der Waals surface area (Å²) in [7, 11) is 0. The van der Waals surface area contributed by atoms with Crippen LogP contribution in [0.5, 0.6) is 0 Å². The van der Waals surface area contributed by atoms with E-state index in [4.69, 9.17) is 47.4 Å². The van der Waals surface area contributed by atoms with Crippen LogP contribution in [0.2, 0.25) is 0 Å². The van der Waals surface area contributed by atoms with Gasteiger partial charge in [-0.05, 0) is 6.92 Å². The number of ketones is 1. The lowest BCUT2D eigenvalue weighted by Crippen LogP contribution is -2.61. The summed E-state index contributed by atoms with van der Waals surface area (Å²) >= 11 is 0. The summed E-state index contributed by atoms with van der Waals surface area (Å²) in [4.78, 5) is 101. The van der Waals surface area contributed by atoms with Crippen molar-refractivity contribution in [3.63, 3.8) is 0 Å². The van der Waals surface area contributed by atoms with Crippen LogP contribution < -0.4 is 0 Å². The van der Waals surface area contributed by atoms with Gasteiger partial charge < -0.3 is 47.4 Å². The number of hydrogen-bond acceptors (Lipinski definition) is 18. The van der Waals surface area contributed by atoms with Crippen LogP contribution in [0, 0.1) is 5.92 Å². The first kappa shape index (κ1) is 49.9. The molecule has 0 spiro atoms. The van der Waals surface area contributed by atoms with Gasteiger partial charge in [-0.15, -0.1) is 0 Å². The van der Waals surface area contributed by atoms with Crippen LogP contribution in [0.1, 0.15) is 120 Å². The Morgan fingerprint density at radius 1 is 0.536 bits per heavy atom. The highest BCUT2D eigenvalue weighted by Gasteiger charge is 2.53. The highest BCUT2D eigenvalue weighted by Crippen LogP contribution is 2.36. The van der Waals surface area contributed by atoms with E-state index in [0.717, 1.165) is 0 Å². The molecule has 1 aliphatic heterocycles. The molecule has 56 heavy (non-hydrogen) atoms. The van der Waals surface area contributed by atoms with Gasteiger partial charge in [0, 0.05) is 63.7 Å². The van der Waals surface area contributed by atoms with Crippen LogP contribution in [0.15, 0.2) is 0 Å². The summed E-state index contributed by atoms with van der Waals surface area (Å²) in [5.41, 5.74) is 0. The van der Waals surface area contributed by atoms with Crippen LogP contribution in [0.4, 0.5) is 0 Å². The van der Waals surface area contributed by atoms with Crippen molar-refractivity contribution in [3.8, 4) is 0 Å². The van der Waals surface area contributed by atoms with E-state index in [1.807, 2.05) is 0 Å². The number of esters is 7. The third-order valence-corrected chi connectivity index (χ3v) is 8.43. The Balaban J connectivity index is 4.10. The second-order valence-electron chi connectivity index (χ2n) is 12.6. The molecule has 0 aromatic heterocycles. The number of rotatable bonds is 26. The molecule has 9 atom stereocenters. The van der Waals surface area contributed by atoms with E-state index in [2.05, 4.69) is 0 Å². The number of carbonyl (C=O) groups is 8. The lowest BCUT2D eigenvalue weighted by atomic mass is 9.84. The first-order valence-corrected chi connectivity index (χ1v) is 19.3. The third kappa shape index (κ3) is 17.3. The van der Waals surface area contributed by atoms with Gasteiger partial charge in [0.15, 0.2) is 18.5 Å².